The fourth-order valence-electron chi connectivity index (χ4n) is 8.83. The van der Waals surface area contributed by atoms with Crippen LogP contribution in [0.2, 0.25) is 0 Å². The van der Waals surface area contributed by atoms with Crippen LogP contribution in [0.15, 0.2) is 0 Å². The largest absolute Gasteiger partial charge is 0.480 e. The van der Waals surface area contributed by atoms with E-state index in [1.165, 1.54) is 0 Å². The van der Waals surface area contributed by atoms with E-state index in [-0.39, 0.29) is 47.8 Å². The molecule has 0 aromatic heterocycles. The number of aliphatic hydroxyl groups excluding tert-OH is 1. The van der Waals surface area contributed by atoms with Crippen LogP contribution in [0.25, 0.3) is 0 Å². The maximum Gasteiger partial charge on any atom is 0.322 e. The van der Waals surface area contributed by atoms with E-state index in [9.17, 15) is 19.8 Å². The number of aliphatic hydroxyl groups is 2. The lowest BCUT2D eigenvalue weighted by molar-refractivity contribution is -0.203. The van der Waals surface area contributed by atoms with Crippen LogP contribution < -0.4 is 5.32 Å². The Balaban J connectivity index is 1.59. The Morgan fingerprint density at radius 3 is 2.53 bits per heavy atom. The summed E-state index contributed by atoms with van der Waals surface area (Å²) in [5, 5.41) is 33.7. The van der Waals surface area contributed by atoms with Gasteiger partial charge in [-0.2, -0.15) is 0 Å². The number of carboxylic acids is 1. The highest BCUT2D eigenvalue weighted by Gasteiger charge is 2.64. The van der Waals surface area contributed by atoms with Crippen LogP contribution in [-0.2, 0) is 9.59 Å². The monoisotopic (exact) mass is 484 g/mol. The van der Waals surface area contributed by atoms with Gasteiger partial charge in [0, 0.05) is 11.9 Å². The first-order valence-corrected chi connectivity index (χ1v) is 13.0. The molecule has 34 heavy (non-hydrogen) atoms. The molecule has 1 amide bonds. The van der Waals surface area contributed by atoms with Crippen molar-refractivity contribution in [3.05, 3.63) is 0 Å². The maximum absolute atomic E-state index is 12.3. The number of rotatable bonds is 7. The highest BCUT2D eigenvalue weighted by molar-refractivity contribution is 5.81. The number of amides is 1. The van der Waals surface area contributed by atoms with Crippen molar-refractivity contribution in [1.82, 2.24) is 5.32 Å². The van der Waals surface area contributed by atoms with Gasteiger partial charge in [-0.1, -0.05) is 34.1 Å². The van der Waals surface area contributed by atoms with Gasteiger partial charge in [-0.05, 0) is 104 Å². The molecule has 4 aliphatic carbocycles. The predicted octanol–water partition coefficient (Wildman–Crippen LogP) is 4.23. The molecule has 6 heteroatoms. The van der Waals surface area contributed by atoms with Crippen molar-refractivity contribution in [1.29, 1.82) is 0 Å². The van der Waals surface area contributed by atoms with E-state index in [4.69, 9.17) is 14.7 Å². The third kappa shape index (κ3) is 4.31. The molecule has 0 radical (unpaired) electrons. The van der Waals surface area contributed by atoms with Crippen LogP contribution in [-0.4, -0.2) is 45.9 Å². The van der Waals surface area contributed by atoms with Crippen molar-refractivity contribution >= 4 is 11.9 Å². The number of carbonyl (C=O) groups is 2. The first kappa shape index (κ1) is 18.2. The SMILES string of the molecule is [2H]C([2H])(NC(=O)CC[C@@H](C)[C@H]1CCC2C3C(CC[C@@]21C)[C@@]1(C)CC([2H])([2H])[C@]([2H])(O)C([2H])([2H])[C@H]1[C@@H](CC)[C@H]3O)C(=O)O. The van der Waals surface area contributed by atoms with Crippen molar-refractivity contribution in [2.24, 2.45) is 52.3 Å². The van der Waals surface area contributed by atoms with Crippen LogP contribution in [0.1, 0.15) is 101 Å². The van der Waals surface area contributed by atoms with Gasteiger partial charge in [-0.15, -0.1) is 0 Å². The van der Waals surface area contributed by atoms with E-state index in [2.05, 4.69) is 13.8 Å². The summed E-state index contributed by atoms with van der Waals surface area (Å²) in [5.41, 5.74) is -1.02. The van der Waals surface area contributed by atoms with Gasteiger partial charge in [0.2, 0.25) is 5.91 Å². The van der Waals surface area contributed by atoms with Crippen molar-refractivity contribution < 1.29 is 34.5 Å². The third-order valence-electron chi connectivity index (χ3n) is 10.4. The average Bonchev–Trinajstić information content (AvgIpc) is 3.19. The Hall–Kier alpha value is -1.14. The molecule has 11 atom stereocenters. The summed E-state index contributed by atoms with van der Waals surface area (Å²) < 4.78 is 58.2. The molecule has 0 aromatic rings. The maximum atomic E-state index is 12.3. The van der Waals surface area contributed by atoms with Gasteiger partial charge in [0.05, 0.1) is 16.3 Å². The Kier molecular flexibility index (Phi) is 5.19. The van der Waals surface area contributed by atoms with Crippen LogP contribution in [0.3, 0.4) is 0 Å². The van der Waals surface area contributed by atoms with E-state index in [0.717, 1.165) is 19.3 Å². The molecule has 4 saturated carbocycles. The van der Waals surface area contributed by atoms with Crippen LogP contribution in [0, 0.1) is 52.3 Å². The molecule has 4 rings (SSSR count). The van der Waals surface area contributed by atoms with E-state index in [1.54, 1.807) is 0 Å². The molecule has 0 aliphatic heterocycles. The summed E-state index contributed by atoms with van der Waals surface area (Å²) in [4.78, 5) is 23.4. The van der Waals surface area contributed by atoms with Gasteiger partial charge in [-0.3, -0.25) is 9.59 Å². The Labute approximate surface area is 215 Å². The summed E-state index contributed by atoms with van der Waals surface area (Å²) in [6.07, 6.45) is -4.84. The number of carboxylic acid groups (broad SMARTS) is 1. The van der Waals surface area contributed by atoms with Gasteiger partial charge in [0.25, 0.3) is 0 Å². The number of fused-ring (bicyclic) bond motifs is 5. The van der Waals surface area contributed by atoms with E-state index in [1.807, 2.05) is 19.2 Å². The Morgan fingerprint density at radius 2 is 1.85 bits per heavy atom. The number of hydrogen-bond acceptors (Lipinski definition) is 4. The lowest BCUT2D eigenvalue weighted by atomic mass is 9.41. The smallest absolute Gasteiger partial charge is 0.322 e. The lowest BCUT2D eigenvalue weighted by Crippen LogP contribution is -2.62. The minimum atomic E-state index is -2.93. The molecular formula is C28H47NO5. The first-order valence-electron chi connectivity index (χ1n) is 16.5. The molecule has 0 aromatic carbocycles. The zero-order chi connectivity index (χ0) is 31.1. The zero-order valence-corrected chi connectivity index (χ0v) is 20.9. The molecule has 3 unspecified atom stereocenters. The topological polar surface area (TPSA) is 107 Å². The normalized spacial score (nSPS) is 55.2. The molecule has 0 spiro atoms. The van der Waals surface area contributed by atoms with Gasteiger partial charge in [0.1, 0.15) is 6.50 Å². The fraction of sp³-hybridized carbons (Fsp3) is 0.929. The number of hydrogen-bond donors (Lipinski definition) is 4. The Morgan fingerprint density at radius 1 is 1.15 bits per heavy atom. The third-order valence-corrected chi connectivity index (χ3v) is 10.4. The zero-order valence-electron chi connectivity index (χ0n) is 27.9. The molecule has 0 bridgehead atoms. The molecule has 194 valence electrons. The van der Waals surface area contributed by atoms with E-state index < -0.39 is 60.6 Å². The minimum Gasteiger partial charge on any atom is -0.480 e. The molecule has 0 saturated heterocycles. The summed E-state index contributed by atoms with van der Waals surface area (Å²) >= 11 is 0. The lowest BCUT2D eigenvalue weighted by Gasteiger charge is -2.64. The second kappa shape index (κ2) is 9.72. The molecule has 0 heterocycles. The molecule has 4 fully saturated rings. The minimum absolute atomic E-state index is 0.00224. The van der Waals surface area contributed by atoms with Gasteiger partial charge in [-0.25, -0.2) is 0 Å². The van der Waals surface area contributed by atoms with Crippen molar-refractivity contribution in [2.45, 2.75) is 104 Å². The van der Waals surface area contributed by atoms with Crippen molar-refractivity contribution in [3.8, 4) is 0 Å². The summed E-state index contributed by atoms with van der Waals surface area (Å²) in [7, 11) is 0. The van der Waals surface area contributed by atoms with E-state index >= 15 is 0 Å². The van der Waals surface area contributed by atoms with Gasteiger partial charge < -0.3 is 20.6 Å². The van der Waals surface area contributed by atoms with Crippen molar-refractivity contribution in [2.75, 3.05) is 6.50 Å². The standard InChI is InChI=1S/C28H47NO5/c1-5-18-22-14-17(30)10-12-28(22,4)21-11-13-27(3)19(7-8-20(27)25(21)26(18)34)16(2)6-9-23(31)29-15-24(32)33/h16-22,25-26,30,34H,5-15H2,1-4H3,(H,29,31)(H,32,33)/t16-,17+,18-,19-,20?,21?,22+,25?,26-,27-,28-/m1/s1/i10D2,14D2,15D2,17D. The van der Waals surface area contributed by atoms with Crippen LogP contribution in [0.4, 0.5) is 0 Å². The number of aliphatic carboxylic acids is 1. The summed E-state index contributed by atoms with van der Waals surface area (Å²) in [5.74, 6) is -3.72. The van der Waals surface area contributed by atoms with Gasteiger partial charge in [0.15, 0.2) is 0 Å². The molecule has 4 N–H and O–H groups in total. The summed E-state index contributed by atoms with van der Waals surface area (Å²) in [6, 6.07) is 0. The van der Waals surface area contributed by atoms with Gasteiger partial charge >= 0.3 is 5.97 Å². The summed E-state index contributed by atoms with van der Waals surface area (Å²) in [6.45, 7) is 5.27. The molecule has 6 nitrogen and oxygen atoms in total. The molecule has 4 aliphatic rings. The quantitative estimate of drug-likeness (QED) is 0.433. The highest BCUT2D eigenvalue weighted by Crippen LogP contribution is 2.69. The van der Waals surface area contributed by atoms with Crippen LogP contribution in [0.5, 0.6) is 0 Å². The predicted molar refractivity (Wildman–Crippen MR) is 131 cm³/mol. The Bertz CT molecular complexity index is 1060. The van der Waals surface area contributed by atoms with Crippen molar-refractivity contribution in [3.63, 3.8) is 0 Å². The second-order valence-corrected chi connectivity index (χ2v) is 11.9. The highest BCUT2D eigenvalue weighted by atomic mass is 16.4. The van der Waals surface area contributed by atoms with Crippen LogP contribution >= 0.6 is 0 Å². The number of carbonyl (C=O) groups excluding carboxylic acids is 1. The molecular weight excluding hydrogens is 430 g/mol. The first-order chi connectivity index (χ1) is 18.6. The second-order valence-electron chi connectivity index (χ2n) is 11.9. The number of nitrogens with one attached hydrogen (secondary N) is 1. The van der Waals surface area contributed by atoms with E-state index in [0.29, 0.717) is 19.3 Å². The fourth-order valence-corrected chi connectivity index (χ4v) is 8.83. The average molecular weight is 485 g/mol.